The van der Waals surface area contributed by atoms with Crippen molar-refractivity contribution in [3.8, 4) is 0 Å². The molecule has 0 saturated carbocycles. The summed E-state index contributed by atoms with van der Waals surface area (Å²) in [6, 6.07) is 0. The van der Waals surface area contributed by atoms with Crippen molar-refractivity contribution in [2.24, 2.45) is 0 Å². The van der Waals surface area contributed by atoms with E-state index in [0.29, 0.717) is 85.7 Å². The van der Waals surface area contributed by atoms with Gasteiger partial charge in [0.15, 0.2) is 0 Å². The molecule has 0 spiro atoms. The summed E-state index contributed by atoms with van der Waals surface area (Å²) in [7, 11) is 0. The van der Waals surface area contributed by atoms with Gasteiger partial charge in [0, 0.05) is 13.0 Å². The molecule has 0 fully saturated rings. The highest BCUT2D eigenvalue weighted by Crippen LogP contribution is 2.14. The Hall–Kier alpha value is -0.770. The molecule has 8 nitrogen and oxygen atoms in total. The SMILES string of the molecule is CCCCCCCCCCCCCCCCCC(=O)OCCOCCOCCOCCOCCOCCOCCCCCCCCCCCC. The Kier molecular flexibility index (Phi) is 45.5. The third-order valence-electron chi connectivity index (χ3n) is 8.98. The lowest BCUT2D eigenvalue weighted by Crippen LogP contribution is -2.15. The molecule has 0 aliphatic heterocycles. The van der Waals surface area contributed by atoms with Crippen LogP contribution in [0.5, 0.6) is 0 Å². The molecule has 0 rings (SSSR count). The fourth-order valence-corrected chi connectivity index (χ4v) is 5.82. The summed E-state index contributed by atoms with van der Waals surface area (Å²) in [5, 5.41) is 0. The summed E-state index contributed by atoms with van der Waals surface area (Å²) in [5.74, 6) is -0.118. The van der Waals surface area contributed by atoms with Gasteiger partial charge in [0.05, 0.1) is 72.7 Å². The van der Waals surface area contributed by atoms with Crippen LogP contribution in [0.15, 0.2) is 0 Å². The molecule has 0 aromatic heterocycles. The van der Waals surface area contributed by atoms with Crippen LogP contribution in [-0.2, 0) is 38.0 Å². The molecule has 0 heterocycles. The number of carbonyl (C=O) groups excluding carboxylic acids is 1. The van der Waals surface area contributed by atoms with Gasteiger partial charge in [-0.1, -0.05) is 162 Å². The van der Waals surface area contributed by atoms with Crippen molar-refractivity contribution in [3.05, 3.63) is 0 Å². The van der Waals surface area contributed by atoms with Crippen LogP contribution < -0.4 is 0 Å². The van der Waals surface area contributed by atoms with E-state index in [0.717, 1.165) is 25.9 Å². The minimum absolute atomic E-state index is 0.118. The fraction of sp³-hybridized carbons (Fsp3) is 0.976. The van der Waals surface area contributed by atoms with Gasteiger partial charge in [0.2, 0.25) is 0 Å². The van der Waals surface area contributed by atoms with Crippen LogP contribution in [0.2, 0.25) is 0 Å². The third kappa shape index (κ3) is 45.3. The van der Waals surface area contributed by atoms with Crippen molar-refractivity contribution in [1.82, 2.24) is 0 Å². The Balaban J connectivity index is 3.13. The van der Waals surface area contributed by atoms with Crippen molar-refractivity contribution in [1.29, 1.82) is 0 Å². The summed E-state index contributed by atoms with van der Waals surface area (Å²) in [5.41, 5.74) is 0. The van der Waals surface area contributed by atoms with E-state index < -0.39 is 0 Å². The highest BCUT2D eigenvalue weighted by molar-refractivity contribution is 5.69. The van der Waals surface area contributed by atoms with E-state index in [9.17, 15) is 4.79 Å². The first-order chi connectivity index (χ1) is 24.8. The maximum Gasteiger partial charge on any atom is 0.305 e. The third-order valence-corrected chi connectivity index (χ3v) is 8.98. The molecule has 0 unspecified atom stereocenters. The zero-order valence-electron chi connectivity index (χ0n) is 33.3. The fourth-order valence-electron chi connectivity index (χ4n) is 5.82. The number of unbranched alkanes of at least 4 members (excludes halogenated alkanes) is 23. The Bertz CT molecular complexity index is 621. The average molecular weight is 717 g/mol. The summed E-state index contributed by atoms with van der Waals surface area (Å²) in [6.07, 6.45) is 33.8. The zero-order chi connectivity index (χ0) is 36.1. The van der Waals surface area contributed by atoms with Gasteiger partial charge < -0.3 is 33.2 Å². The van der Waals surface area contributed by atoms with Crippen molar-refractivity contribution < 1.29 is 38.0 Å². The van der Waals surface area contributed by atoms with Crippen molar-refractivity contribution >= 4 is 5.97 Å². The van der Waals surface area contributed by atoms with Crippen LogP contribution >= 0.6 is 0 Å². The van der Waals surface area contributed by atoms with Gasteiger partial charge in [-0.2, -0.15) is 0 Å². The predicted octanol–water partition coefficient (Wildman–Crippen LogP) is 10.8. The number of esters is 1. The molecule has 0 saturated heterocycles. The van der Waals surface area contributed by atoms with Gasteiger partial charge in [-0.25, -0.2) is 0 Å². The Labute approximate surface area is 310 Å². The number of carbonyl (C=O) groups is 1. The van der Waals surface area contributed by atoms with E-state index in [1.54, 1.807) is 0 Å². The quantitative estimate of drug-likeness (QED) is 0.0455. The van der Waals surface area contributed by atoms with E-state index in [2.05, 4.69) is 13.8 Å². The van der Waals surface area contributed by atoms with E-state index in [1.165, 1.54) is 141 Å². The van der Waals surface area contributed by atoms with Crippen molar-refractivity contribution in [2.75, 3.05) is 85.9 Å². The molecule has 0 bridgehead atoms. The first-order valence-electron chi connectivity index (χ1n) is 21.4. The zero-order valence-corrected chi connectivity index (χ0v) is 33.3. The lowest BCUT2D eigenvalue weighted by atomic mass is 10.0. The number of hydrogen-bond acceptors (Lipinski definition) is 8. The maximum absolute atomic E-state index is 11.9. The van der Waals surface area contributed by atoms with Crippen LogP contribution in [0.1, 0.15) is 181 Å². The van der Waals surface area contributed by atoms with Gasteiger partial charge in [-0.05, 0) is 12.8 Å². The van der Waals surface area contributed by atoms with Gasteiger partial charge in [0.1, 0.15) is 6.61 Å². The first kappa shape index (κ1) is 49.2. The average Bonchev–Trinajstić information content (AvgIpc) is 3.12. The Morgan fingerprint density at radius 1 is 0.280 bits per heavy atom. The smallest absolute Gasteiger partial charge is 0.305 e. The molecule has 0 aromatic carbocycles. The van der Waals surface area contributed by atoms with E-state index in [-0.39, 0.29) is 5.97 Å². The lowest BCUT2D eigenvalue weighted by Gasteiger charge is -2.08. The van der Waals surface area contributed by atoms with E-state index >= 15 is 0 Å². The molecule has 50 heavy (non-hydrogen) atoms. The van der Waals surface area contributed by atoms with Crippen LogP contribution in [0.25, 0.3) is 0 Å². The maximum atomic E-state index is 11.9. The highest BCUT2D eigenvalue weighted by atomic mass is 16.6. The van der Waals surface area contributed by atoms with Gasteiger partial charge in [-0.3, -0.25) is 4.79 Å². The molecule has 0 N–H and O–H groups in total. The predicted molar refractivity (Wildman–Crippen MR) is 207 cm³/mol. The van der Waals surface area contributed by atoms with Crippen LogP contribution in [0, 0.1) is 0 Å². The second-order valence-corrected chi connectivity index (χ2v) is 13.8. The molecule has 0 aliphatic carbocycles. The minimum atomic E-state index is -0.118. The van der Waals surface area contributed by atoms with Gasteiger partial charge in [0.25, 0.3) is 0 Å². The van der Waals surface area contributed by atoms with Crippen LogP contribution in [0.3, 0.4) is 0 Å². The molecule has 300 valence electrons. The first-order valence-corrected chi connectivity index (χ1v) is 21.4. The van der Waals surface area contributed by atoms with E-state index in [1.807, 2.05) is 0 Å². The van der Waals surface area contributed by atoms with Crippen molar-refractivity contribution in [2.45, 2.75) is 181 Å². The molecule has 0 amide bonds. The van der Waals surface area contributed by atoms with Gasteiger partial charge >= 0.3 is 5.97 Å². The molecule has 8 heteroatoms. The molecule has 0 aromatic rings. The minimum Gasteiger partial charge on any atom is -0.463 e. The number of ether oxygens (including phenoxy) is 7. The van der Waals surface area contributed by atoms with Gasteiger partial charge in [-0.15, -0.1) is 0 Å². The normalized spacial score (nSPS) is 11.5. The highest BCUT2D eigenvalue weighted by Gasteiger charge is 2.03. The van der Waals surface area contributed by atoms with E-state index in [4.69, 9.17) is 33.2 Å². The molecule has 0 atom stereocenters. The molecular weight excluding hydrogens is 632 g/mol. The van der Waals surface area contributed by atoms with Crippen molar-refractivity contribution in [3.63, 3.8) is 0 Å². The second-order valence-electron chi connectivity index (χ2n) is 13.8. The topological polar surface area (TPSA) is 81.7 Å². The summed E-state index contributed by atoms with van der Waals surface area (Å²) >= 11 is 0. The van der Waals surface area contributed by atoms with Crippen LogP contribution in [0.4, 0.5) is 0 Å². The standard InChI is InChI=1S/C42H84O8/c1-3-5-7-9-11-13-15-16-17-18-19-20-22-24-26-28-42(43)50-41-40-49-39-38-48-37-36-47-35-34-46-33-32-45-31-30-44-29-27-25-23-21-14-12-10-8-6-4-2/h3-41H2,1-2H3. The Morgan fingerprint density at radius 2 is 0.520 bits per heavy atom. The Morgan fingerprint density at radius 3 is 0.840 bits per heavy atom. The van der Waals surface area contributed by atoms with Crippen LogP contribution in [-0.4, -0.2) is 91.9 Å². The molecule has 0 aliphatic rings. The number of hydrogen-bond donors (Lipinski definition) is 0. The molecular formula is C42H84O8. The largest absolute Gasteiger partial charge is 0.463 e. The number of rotatable bonds is 45. The second kappa shape index (κ2) is 46.3. The summed E-state index contributed by atoms with van der Waals surface area (Å²) < 4.78 is 38.5. The monoisotopic (exact) mass is 717 g/mol. The molecule has 0 radical (unpaired) electrons. The summed E-state index contributed by atoms with van der Waals surface area (Å²) in [4.78, 5) is 11.9. The lowest BCUT2D eigenvalue weighted by molar-refractivity contribution is -0.145. The summed E-state index contributed by atoms with van der Waals surface area (Å²) in [6.45, 7) is 11.6.